The van der Waals surface area contributed by atoms with Gasteiger partial charge in [0.25, 0.3) is 0 Å². The third kappa shape index (κ3) is 9.76. The zero-order valence-electron chi connectivity index (χ0n) is 30.0. The van der Waals surface area contributed by atoms with E-state index in [1.165, 1.54) is 11.7 Å². The van der Waals surface area contributed by atoms with Crippen LogP contribution in [0.3, 0.4) is 0 Å². The number of nitrogens with zero attached hydrogens (tertiary/aromatic N) is 2. The van der Waals surface area contributed by atoms with Gasteiger partial charge in [0.1, 0.15) is 26.0 Å². The van der Waals surface area contributed by atoms with Gasteiger partial charge in [0.2, 0.25) is 11.8 Å². The standard InChI is InChI=1S/C35H54BN5O7/c1-9-10-11-26(32(44)45)37-30(42)27(16-23-19-40(34(47)48-8)29-15-14-24(36)17-25(23)29)38-31(43)28(18-35(5,6)7)39-33(46)41-21(3)13-12-20(2)22(41)4/h14-15,17,19-22,26-28H,9-13,16,18,36H2,1-8H3,(H,37,42)(H,38,43)(H,39,46)(H,44,45)/t20?,21-,22+,26-,27-,28+/m1/s1. The van der Waals surface area contributed by atoms with Crippen LogP contribution in [0, 0.1) is 11.3 Å². The zero-order valence-corrected chi connectivity index (χ0v) is 30.0. The number of nitrogens with one attached hydrogen (secondary N) is 3. The summed E-state index contributed by atoms with van der Waals surface area (Å²) in [7, 11) is 3.18. The normalized spacial score (nSPS) is 20.0. The lowest BCUT2D eigenvalue weighted by molar-refractivity contribution is -0.142. The number of aromatic nitrogens is 1. The molecular formula is C35H54BN5O7. The molecule has 2 aromatic rings. The Balaban J connectivity index is 2.00. The number of carbonyl (C=O) groups is 5. The predicted octanol–water partition coefficient (Wildman–Crippen LogP) is 3.32. The van der Waals surface area contributed by atoms with Gasteiger partial charge in [-0.15, -0.1) is 0 Å². The SMILES string of the molecule is Bc1ccc2c(c1)c(C[C@@H](NC(=O)[C@H](CC(C)(C)C)NC(=O)N1[C@H](C)CCC(C)[C@@H]1C)C(=O)N[C@H](CCCC)C(=O)O)cn2C(=O)OC. The van der Waals surface area contributed by atoms with Gasteiger partial charge in [0, 0.05) is 30.1 Å². The molecule has 4 N–H and O–H groups in total. The summed E-state index contributed by atoms with van der Waals surface area (Å²) in [6.07, 6.45) is 4.63. The number of hydrogen-bond acceptors (Lipinski definition) is 6. The van der Waals surface area contributed by atoms with Crippen LogP contribution in [0.1, 0.15) is 92.6 Å². The Morgan fingerprint density at radius 2 is 1.65 bits per heavy atom. The number of urea groups is 1. The first-order chi connectivity index (χ1) is 22.5. The molecule has 1 aromatic heterocycles. The molecule has 2 heterocycles. The molecule has 6 atom stereocenters. The Morgan fingerprint density at radius 3 is 2.25 bits per heavy atom. The smallest absolute Gasteiger partial charge is 0.418 e. The molecule has 0 radical (unpaired) electrons. The summed E-state index contributed by atoms with van der Waals surface area (Å²) in [4.78, 5) is 68.2. The maximum Gasteiger partial charge on any atom is 0.418 e. The first-order valence-electron chi connectivity index (χ1n) is 17.1. The Morgan fingerprint density at radius 1 is 1.00 bits per heavy atom. The summed E-state index contributed by atoms with van der Waals surface area (Å²) in [6, 6.07) is 1.82. The van der Waals surface area contributed by atoms with Crippen LogP contribution in [0.4, 0.5) is 9.59 Å². The Labute approximate surface area is 285 Å². The van der Waals surface area contributed by atoms with Gasteiger partial charge < -0.3 is 30.7 Å². The molecule has 1 aliphatic heterocycles. The van der Waals surface area contributed by atoms with Gasteiger partial charge in [-0.25, -0.2) is 14.4 Å². The minimum Gasteiger partial charge on any atom is -0.480 e. The molecule has 4 amide bonds. The second-order valence-electron chi connectivity index (χ2n) is 14.6. The van der Waals surface area contributed by atoms with Gasteiger partial charge in [-0.05, 0) is 62.5 Å². The van der Waals surface area contributed by atoms with Crippen LogP contribution in [0.5, 0.6) is 0 Å². The van der Waals surface area contributed by atoms with Gasteiger partial charge in [-0.3, -0.25) is 14.2 Å². The number of hydrogen-bond donors (Lipinski definition) is 4. The molecule has 12 nitrogen and oxygen atoms in total. The summed E-state index contributed by atoms with van der Waals surface area (Å²) in [6.45, 7) is 14.0. The Bertz CT molecular complexity index is 1490. The highest BCUT2D eigenvalue weighted by molar-refractivity contribution is 6.33. The summed E-state index contributed by atoms with van der Waals surface area (Å²) in [5.74, 6) is -2.10. The number of aliphatic carboxylic acids is 1. The molecule has 0 aliphatic carbocycles. The van der Waals surface area contributed by atoms with Crippen molar-refractivity contribution in [3.8, 4) is 0 Å². The number of piperidine rings is 1. The number of rotatable bonds is 12. The van der Waals surface area contributed by atoms with Crippen LogP contribution < -0.4 is 21.4 Å². The van der Waals surface area contributed by atoms with E-state index >= 15 is 0 Å². The van der Waals surface area contributed by atoms with Crippen molar-refractivity contribution in [2.45, 2.75) is 124 Å². The third-order valence-electron chi connectivity index (χ3n) is 9.37. The summed E-state index contributed by atoms with van der Waals surface area (Å²) in [5.41, 5.74) is 1.71. The van der Waals surface area contributed by atoms with E-state index in [9.17, 15) is 29.1 Å². The van der Waals surface area contributed by atoms with E-state index in [0.717, 1.165) is 24.7 Å². The van der Waals surface area contributed by atoms with Crippen LogP contribution in [0.15, 0.2) is 24.4 Å². The molecule has 0 spiro atoms. The highest BCUT2D eigenvalue weighted by Crippen LogP contribution is 2.29. The summed E-state index contributed by atoms with van der Waals surface area (Å²) >= 11 is 0. The largest absolute Gasteiger partial charge is 0.480 e. The number of carboxylic acids is 1. The molecule has 1 unspecified atom stereocenters. The van der Waals surface area contributed by atoms with Crippen molar-refractivity contribution in [2.24, 2.45) is 11.3 Å². The van der Waals surface area contributed by atoms with E-state index in [1.807, 2.05) is 61.5 Å². The Hall–Kier alpha value is -4.03. The predicted molar refractivity (Wildman–Crippen MR) is 188 cm³/mol. The first kappa shape index (κ1) is 38.4. The number of methoxy groups -OCH3 is 1. The summed E-state index contributed by atoms with van der Waals surface area (Å²) < 4.78 is 6.31. The molecule has 3 rings (SSSR count). The van der Waals surface area contributed by atoms with Gasteiger partial charge in [-0.2, -0.15) is 0 Å². The van der Waals surface area contributed by atoms with Crippen molar-refractivity contribution >= 4 is 54.1 Å². The van der Waals surface area contributed by atoms with Crippen molar-refractivity contribution in [3.05, 3.63) is 30.0 Å². The van der Waals surface area contributed by atoms with Crippen molar-refractivity contribution in [1.29, 1.82) is 0 Å². The highest BCUT2D eigenvalue weighted by atomic mass is 16.5. The van der Waals surface area contributed by atoms with Gasteiger partial charge in [0.05, 0.1) is 12.6 Å². The fraction of sp³-hybridized carbons (Fsp3) is 0.629. The molecule has 0 saturated carbocycles. The minimum atomic E-state index is -1.22. The van der Waals surface area contributed by atoms with Crippen LogP contribution in [-0.4, -0.2) is 89.6 Å². The fourth-order valence-electron chi connectivity index (χ4n) is 6.45. The molecule has 1 saturated heterocycles. The lowest BCUT2D eigenvalue weighted by atomic mass is 9.87. The average Bonchev–Trinajstić information content (AvgIpc) is 3.36. The molecule has 264 valence electrons. The van der Waals surface area contributed by atoms with Crippen molar-refractivity contribution in [2.75, 3.05) is 7.11 Å². The lowest BCUT2D eigenvalue weighted by Gasteiger charge is -2.43. The number of benzene rings is 1. The van der Waals surface area contributed by atoms with E-state index in [4.69, 9.17) is 4.74 Å². The van der Waals surface area contributed by atoms with Gasteiger partial charge >= 0.3 is 18.1 Å². The molecule has 13 heteroatoms. The topological polar surface area (TPSA) is 159 Å². The average molecular weight is 668 g/mol. The van der Waals surface area contributed by atoms with Gasteiger partial charge in [0.15, 0.2) is 0 Å². The van der Waals surface area contributed by atoms with Crippen LogP contribution in [-0.2, 0) is 25.5 Å². The van der Waals surface area contributed by atoms with E-state index in [2.05, 4.69) is 22.9 Å². The monoisotopic (exact) mass is 667 g/mol. The number of fused-ring (bicyclic) bond motifs is 1. The summed E-state index contributed by atoms with van der Waals surface area (Å²) in [5, 5.41) is 19.0. The van der Waals surface area contributed by atoms with E-state index in [-0.39, 0.29) is 36.4 Å². The second kappa shape index (κ2) is 16.4. The van der Waals surface area contributed by atoms with Crippen molar-refractivity contribution in [3.63, 3.8) is 0 Å². The van der Waals surface area contributed by atoms with E-state index in [0.29, 0.717) is 35.2 Å². The number of carboxylic acid groups (broad SMARTS) is 1. The van der Waals surface area contributed by atoms with E-state index < -0.39 is 42.0 Å². The first-order valence-corrected chi connectivity index (χ1v) is 17.1. The van der Waals surface area contributed by atoms with Crippen molar-refractivity contribution < 1.29 is 33.8 Å². The number of carbonyl (C=O) groups excluding carboxylic acids is 4. The number of unbranched alkanes of at least 4 members (excludes halogenated alkanes) is 1. The van der Waals surface area contributed by atoms with Gasteiger partial charge in [-0.1, -0.05) is 65.1 Å². The zero-order chi connectivity index (χ0) is 35.9. The second-order valence-corrected chi connectivity index (χ2v) is 14.6. The molecule has 1 fully saturated rings. The molecule has 1 aliphatic rings. The fourth-order valence-corrected chi connectivity index (χ4v) is 6.45. The quantitative estimate of drug-likeness (QED) is 0.253. The van der Waals surface area contributed by atoms with Crippen LogP contribution >= 0.6 is 0 Å². The number of amides is 4. The molecule has 48 heavy (non-hydrogen) atoms. The molecular weight excluding hydrogens is 613 g/mol. The molecule has 0 bridgehead atoms. The maximum absolute atomic E-state index is 14.1. The lowest BCUT2D eigenvalue weighted by Crippen LogP contribution is -2.60. The van der Waals surface area contributed by atoms with Crippen LogP contribution in [0.2, 0.25) is 0 Å². The number of ether oxygens (including phenoxy) is 1. The van der Waals surface area contributed by atoms with Crippen molar-refractivity contribution in [1.82, 2.24) is 25.4 Å². The van der Waals surface area contributed by atoms with Crippen LogP contribution in [0.25, 0.3) is 10.9 Å². The third-order valence-corrected chi connectivity index (χ3v) is 9.37. The van der Waals surface area contributed by atoms with E-state index in [1.54, 1.807) is 17.2 Å². The minimum absolute atomic E-state index is 0.000248. The molecule has 1 aromatic carbocycles. The highest BCUT2D eigenvalue weighted by Gasteiger charge is 2.37. The maximum atomic E-state index is 14.1. The Kier molecular flexibility index (Phi) is 13.1. The number of likely N-dealkylation sites (tertiary alicyclic amines) is 1.